The number of thioether (sulfide) groups is 1. The smallest absolute Gasteiger partial charge is 0.237 e. The second-order valence-electron chi connectivity index (χ2n) is 7.79. The zero-order valence-corrected chi connectivity index (χ0v) is 18.3. The normalized spacial score (nSPS) is 18.3. The first-order chi connectivity index (χ1) is 15.2. The van der Waals surface area contributed by atoms with E-state index in [1.807, 2.05) is 58.0 Å². The van der Waals surface area contributed by atoms with Crippen molar-refractivity contribution in [2.24, 2.45) is 0 Å². The number of amides is 1. The maximum absolute atomic E-state index is 13.2. The second kappa shape index (κ2) is 8.72. The number of hydrogen-bond acceptors (Lipinski definition) is 6. The van der Waals surface area contributed by atoms with Gasteiger partial charge in [-0.3, -0.25) is 9.36 Å². The molecule has 1 fully saturated rings. The Kier molecular flexibility index (Phi) is 5.65. The number of ether oxygens (including phenoxy) is 1. The molecular weight excluding hydrogens is 410 g/mol. The van der Waals surface area contributed by atoms with Crippen LogP contribution < -0.4 is 9.80 Å². The maximum Gasteiger partial charge on any atom is 0.237 e. The van der Waals surface area contributed by atoms with Gasteiger partial charge in [0.25, 0.3) is 0 Å². The van der Waals surface area contributed by atoms with Gasteiger partial charge < -0.3 is 14.5 Å². The fourth-order valence-electron chi connectivity index (χ4n) is 4.27. The molecule has 31 heavy (non-hydrogen) atoms. The molecule has 1 saturated heterocycles. The Morgan fingerprint density at radius 2 is 1.81 bits per heavy atom. The van der Waals surface area contributed by atoms with Crippen molar-refractivity contribution < 1.29 is 9.53 Å². The van der Waals surface area contributed by atoms with Crippen LogP contribution in [-0.4, -0.2) is 58.8 Å². The number of aromatic nitrogens is 3. The Hall–Kier alpha value is -2.84. The molecule has 0 N–H and O–H groups in total. The quantitative estimate of drug-likeness (QED) is 0.574. The Morgan fingerprint density at radius 1 is 1.06 bits per heavy atom. The molecule has 3 aromatic rings. The van der Waals surface area contributed by atoms with Crippen molar-refractivity contribution in [3.05, 3.63) is 60.2 Å². The summed E-state index contributed by atoms with van der Waals surface area (Å²) < 4.78 is 7.54. The van der Waals surface area contributed by atoms with Crippen LogP contribution in [0, 0.1) is 0 Å². The zero-order chi connectivity index (χ0) is 21.2. The van der Waals surface area contributed by atoms with E-state index in [0.717, 1.165) is 42.0 Å². The van der Waals surface area contributed by atoms with Crippen molar-refractivity contribution in [3.8, 4) is 5.69 Å². The number of para-hydroxylation sites is 2. The highest BCUT2D eigenvalue weighted by Gasteiger charge is 2.31. The van der Waals surface area contributed by atoms with Crippen molar-refractivity contribution in [2.75, 3.05) is 41.9 Å². The molecule has 8 heteroatoms. The van der Waals surface area contributed by atoms with Crippen molar-refractivity contribution in [2.45, 2.75) is 24.5 Å². The summed E-state index contributed by atoms with van der Waals surface area (Å²) in [7, 11) is 0. The van der Waals surface area contributed by atoms with Crippen LogP contribution in [0.15, 0.2) is 59.8 Å². The summed E-state index contributed by atoms with van der Waals surface area (Å²) in [4.78, 5) is 17.3. The number of rotatable bonds is 5. The number of carbonyl (C=O) groups is 1. The molecule has 0 radical (unpaired) electrons. The van der Waals surface area contributed by atoms with Gasteiger partial charge in [0.2, 0.25) is 11.9 Å². The SMILES string of the molecule is CC1Cc2ccccc2N1C(=O)CSc1nnc(N2CCOCC2)n1-c1ccccc1. The fourth-order valence-corrected chi connectivity index (χ4v) is 5.07. The first kappa shape index (κ1) is 20.1. The summed E-state index contributed by atoms with van der Waals surface area (Å²) in [6, 6.07) is 18.4. The minimum Gasteiger partial charge on any atom is -0.378 e. The Labute approximate surface area is 186 Å². The van der Waals surface area contributed by atoms with Gasteiger partial charge in [-0.1, -0.05) is 48.2 Å². The van der Waals surface area contributed by atoms with E-state index in [1.165, 1.54) is 17.3 Å². The third-order valence-corrected chi connectivity index (χ3v) is 6.64. The molecule has 1 aromatic heterocycles. The molecule has 0 bridgehead atoms. The highest BCUT2D eigenvalue weighted by atomic mass is 32.2. The molecule has 7 nitrogen and oxygen atoms in total. The van der Waals surface area contributed by atoms with Gasteiger partial charge in [0, 0.05) is 24.8 Å². The molecule has 0 aliphatic carbocycles. The van der Waals surface area contributed by atoms with Gasteiger partial charge >= 0.3 is 0 Å². The van der Waals surface area contributed by atoms with Crippen molar-refractivity contribution in [3.63, 3.8) is 0 Å². The minimum atomic E-state index is 0.0954. The van der Waals surface area contributed by atoms with Crippen LogP contribution in [0.1, 0.15) is 12.5 Å². The van der Waals surface area contributed by atoms with Crippen LogP contribution >= 0.6 is 11.8 Å². The van der Waals surface area contributed by atoms with Gasteiger partial charge in [-0.2, -0.15) is 0 Å². The highest BCUT2D eigenvalue weighted by molar-refractivity contribution is 7.99. The molecule has 160 valence electrons. The van der Waals surface area contributed by atoms with Gasteiger partial charge in [-0.25, -0.2) is 0 Å². The van der Waals surface area contributed by atoms with Crippen molar-refractivity contribution in [1.29, 1.82) is 0 Å². The Bertz CT molecular complexity index is 1060. The average Bonchev–Trinajstić information content (AvgIpc) is 3.39. The van der Waals surface area contributed by atoms with Gasteiger partial charge in [0.15, 0.2) is 5.16 Å². The molecular formula is C23H25N5O2S. The molecule has 1 atom stereocenters. The van der Waals surface area contributed by atoms with E-state index < -0.39 is 0 Å². The van der Waals surface area contributed by atoms with E-state index >= 15 is 0 Å². The van der Waals surface area contributed by atoms with E-state index in [1.54, 1.807) is 0 Å². The predicted molar refractivity (Wildman–Crippen MR) is 122 cm³/mol. The van der Waals surface area contributed by atoms with Crippen molar-refractivity contribution >= 4 is 29.3 Å². The van der Waals surface area contributed by atoms with Gasteiger partial charge in [0.1, 0.15) is 0 Å². The number of morpholine rings is 1. The fraction of sp³-hybridized carbons (Fsp3) is 0.348. The summed E-state index contributed by atoms with van der Waals surface area (Å²) in [5.74, 6) is 1.20. The minimum absolute atomic E-state index is 0.0954. The third kappa shape index (κ3) is 3.93. The summed E-state index contributed by atoms with van der Waals surface area (Å²) >= 11 is 1.44. The van der Waals surface area contributed by atoms with E-state index in [4.69, 9.17) is 4.74 Å². The largest absolute Gasteiger partial charge is 0.378 e. The molecule has 2 aliphatic rings. The van der Waals surface area contributed by atoms with Gasteiger partial charge in [0.05, 0.1) is 24.7 Å². The van der Waals surface area contributed by atoms with E-state index in [9.17, 15) is 4.79 Å². The maximum atomic E-state index is 13.2. The van der Waals surface area contributed by atoms with E-state index in [0.29, 0.717) is 19.0 Å². The lowest BCUT2D eigenvalue weighted by Gasteiger charge is -2.28. The monoisotopic (exact) mass is 435 g/mol. The molecule has 1 amide bonds. The molecule has 2 aromatic carbocycles. The van der Waals surface area contributed by atoms with Gasteiger partial charge in [-0.15, -0.1) is 10.2 Å². The van der Waals surface area contributed by atoms with Gasteiger partial charge in [-0.05, 0) is 37.1 Å². The summed E-state index contributed by atoms with van der Waals surface area (Å²) in [6.45, 7) is 5.00. The van der Waals surface area contributed by atoms with E-state index in [-0.39, 0.29) is 11.9 Å². The molecule has 3 heterocycles. The predicted octanol–water partition coefficient (Wildman–Crippen LogP) is 3.17. The molecule has 0 saturated carbocycles. The first-order valence-corrected chi connectivity index (χ1v) is 11.6. The Morgan fingerprint density at radius 3 is 2.61 bits per heavy atom. The van der Waals surface area contributed by atoms with Crippen LogP contribution in [0.2, 0.25) is 0 Å². The zero-order valence-electron chi connectivity index (χ0n) is 17.5. The Balaban J connectivity index is 1.39. The standard InChI is InChI=1S/C23H25N5O2S/c1-17-15-18-7-5-6-10-20(18)27(17)21(29)16-31-23-25-24-22(26-11-13-30-14-12-26)28(23)19-8-3-2-4-9-19/h2-10,17H,11-16H2,1H3. The lowest BCUT2D eigenvalue weighted by atomic mass is 10.1. The number of nitrogens with zero attached hydrogens (tertiary/aromatic N) is 5. The van der Waals surface area contributed by atoms with Crippen LogP contribution in [0.5, 0.6) is 0 Å². The van der Waals surface area contributed by atoms with Crippen LogP contribution in [0.25, 0.3) is 5.69 Å². The first-order valence-electron chi connectivity index (χ1n) is 10.6. The highest BCUT2D eigenvalue weighted by Crippen LogP contribution is 2.33. The summed E-state index contributed by atoms with van der Waals surface area (Å²) in [5, 5.41) is 9.66. The molecule has 5 rings (SSSR count). The van der Waals surface area contributed by atoms with Crippen molar-refractivity contribution in [1.82, 2.24) is 14.8 Å². The number of fused-ring (bicyclic) bond motifs is 1. The second-order valence-corrected chi connectivity index (χ2v) is 8.73. The summed E-state index contributed by atoms with van der Waals surface area (Å²) in [6.07, 6.45) is 0.897. The van der Waals surface area contributed by atoms with Crippen LogP contribution in [-0.2, 0) is 16.0 Å². The van der Waals surface area contributed by atoms with Crippen LogP contribution in [0.3, 0.4) is 0 Å². The number of carbonyl (C=O) groups excluding carboxylic acids is 1. The average molecular weight is 436 g/mol. The van der Waals surface area contributed by atoms with Crippen LogP contribution in [0.4, 0.5) is 11.6 Å². The number of anilines is 2. The molecule has 1 unspecified atom stereocenters. The number of hydrogen-bond donors (Lipinski definition) is 0. The molecule has 0 spiro atoms. The topological polar surface area (TPSA) is 63.5 Å². The lowest BCUT2D eigenvalue weighted by molar-refractivity contribution is -0.116. The number of benzene rings is 2. The third-order valence-electron chi connectivity index (χ3n) is 5.73. The summed E-state index contributed by atoms with van der Waals surface area (Å²) in [5.41, 5.74) is 3.25. The van der Waals surface area contributed by atoms with E-state index in [2.05, 4.69) is 28.1 Å². The molecule has 2 aliphatic heterocycles. The lowest BCUT2D eigenvalue weighted by Crippen LogP contribution is -2.38.